The van der Waals surface area contributed by atoms with Gasteiger partial charge in [0.1, 0.15) is 11.9 Å². The highest BCUT2D eigenvalue weighted by molar-refractivity contribution is 7.80. The SMILES string of the molecule is O=C1O[C@@H]2[C@H]3[C@@H]([C@H]1C[C@H]2O)N(CCN1CCOCC1)C(=S)N3Cc1ccc(F)cc1. The summed E-state index contributed by atoms with van der Waals surface area (Å²) < 4.78 is 24.4. The number of hydrogen-bond donors (Lipinski definition) is 1. The van der Waals surface area contributed by atoms with Gasteiger partial charge in [0.2, 0.25) is 0 Å². The maximum atomic E-state index is 13.3. The van der Waals surface area contributed by atoms with Crippen LogP contribution in [0.25, 0.3) is 0 Å². The van der Waals surface area contributed by atoms with Crippen LogP contribution in [-0.4, -0.2) is 94.6 Å². The fourth-order valence-electron chi connectivity index (χ4n) is 5.26. The van der Waals surface area contributed by atoms with Gasteiger partial charge in [-0.25, -0.2) is 4.39 Å². The van der Waals surface area contributed by atoms with Crippen LogP contribution in [0.2, 0.25) is 0 Å². The lowest BCUT2D eigenvalue weighted by Crippen LogP contribution is -2.66. The van der Waals surface area contributed by atoms with Crippen LogP contribution in [-0.2, 0) is 20.8 Å². The van der Waals surface area contributed by atoms with Gasteiger partial charge in [-0.1, -0.05) is 12.1 Å². The first kappa shape index (κ1) is 20.1. The van der Waals surface area contributed by atoms with Crippen molar-refractivity contribution in [3.63, 3.8) is 0 Å². The molecule has 1 aromatic rings. The molecule has 5 aliphatic rings. The van der Waals surface area contributed by atoms with Crippen molar-refractivity contribution in [2.75, 3.05) is 39.4 Å². The van der Waals surface area contributed by atoms with E-state index in [1.54, 1.807) is 12.1 Å². The molecular weight excluding hydrogens is 409 g/mol. The standard InChI is InChI=1S/C21H26FN3O4S/c22-14-3-1-13(2-4-14)12-25-18-17(15-11-16(26)19(18)29-20(15)27)24(21(25)30)6-5-23-7-9-28-10-8-23/h1-4,15-19,26H,5-12H2/t15-,16-,17-,18-,19+/m1/s1. The van der Waals surface area contributed by atoms with Crippen molar-refractivity contribution in [2.45, 2.75) is 37.3 Å². The molecule has 0 amide bonds. The van der Waals surface area contributed by atoms with Crippen molar-refractivity contribution in [3.8, 4) is 0 Å². The Kier molecular flexibility index (Phi) is 5.38. The first-order valence-corrected chi connectivity index (χ1v) is 10.9. The molecule has 1 N–H and O–H groups in total. The molecule has 6 rings (SSSR count). The number of carbonyl (C=O) groups excluding carboxylic acids is 1. The number of halogens is 1. The third-order valence-corrected chi connectivity index (χ3v) is 7.24. The Hall–Kier alpha value is -1.81. The molecule has 5 atom stereocenters. The maximum absolute atomic E-state index is 13.3. The Morgan fingerprint density at radius 2 is 1.83 bits per heavy atom. The number of esters is 1. The van der Waals surface area contributed by atoms with Crippen molar-refractivity contribution in [3.05, 3.63) is 35.6 Å². The molecule has 4 saturated heterocycles. The van der Waals surface area contributed by atoms with E-state index < -0.39 is 18.1 Å². The Labute approximate surface area is 180 Å². The number of aliphatic hydroxyl groups is 1. The van der Waals surface area contributed by atoms with E-state index >= 15 is 0 Å². The van der Waals surface area contributed by atoms with Gasteiger partial charge in [0.25, 0.3) is 0 Å². The molecule has 1 aliphatic carbocycles. The van der Waals surface area contributed by atoms with Crippen LogP contribution < -0.4 is 0 Å². The van der Waals surface area contributed by atoms with E-state index in [0.29, 0.717) is 24.6 Å². The van der Waals surface area contributed by atoms with Crippen LogP contribution in [0.1, 0.15) is 12.0 Å². The van der Waals surface area contributed by atoms with E-state index in [9.17, 15) is 14.3 Å². The minimum atomic E-state index is -0.688. The Morgan fingerprint density at radius 1 is 1.10 bits per heavy atom. The van der Waals surface area contributed by atoms with Crippen molar-refractivity contribution < 1.29 is 23.8 Å². The molecule has 0 radical (unpaired) electrons. The summed E-state index contributed by atoms with van der Waals surface area (Å²) >= 11 is 5.87. The van der Waals surface area contributed by atoms with Crippen molar-refractivity contribution in [1.82, 2.24) is 14.7 Å². The average Bonchev–Trinajstić information content (AvgIpc) is 3.02. The van der Waals surface area contributed by atoms with Gasteiger partial charge in [-0.3, -0.25) is 9.69 Å². The number of morpholine rings is 1. The molecule has 4 aliphatic heterocycles. The van der Waals surface area contributed by atoms with Crippen LogP contribution in [0.4, 0.5) is 4.39 Å². The highest BCUT2D eigenvalue weighted by Gasteiger charge is 2.62. The van der Waals surface area contributed by atoms with Gasteiger partial charge in [-0.05, 0) is 36.3 Å². The normalized spacial score (nSPS) is 33.7. The number of benzene rings is 1. The van der Waals surface area contributed by atoms with Gasteiger partial charge in [-0.2, -0.15) is 0 Å². The first-order chi connectivity index (χ1) is 14.5. The highest BCUT2D eigenvalue weighted by atomic mass is 32.1. The molecule has 5 fully saturated rings. The maximum Gasteiger partial charge on any atom is 0.311 e. The second-order valence-electron chi connectivity index (χ2n) is 8.48. The highest BCUT2D eigenvalue weighted by Crippen LogP contribution is 2.44. The van der Waals surface area contributed by atoms with Gasteiger partial charge < -0.3 is 24.4 Å². The lowest BCUT2D eigenvalue weighted by Gasteiger charge is -2.49. The number of thiocarbonyl (C=S) groups is 1. The van der Waals surface area contributed by atoms with Gasteiger partial charge >= 0.3 is 5.97 Å². The summed E-state index contributed by atoms with van der Waals surface area (Å²) in [6.45, 7) is 5.29. The summed E-state index contributed by atoms with van der Waals surface area (Å²) in [5.41, 5.74) is 0.926. The zero-order valence-electron chi connectivity index (χ0n) is 16.7. The van der Waals surface area contributed by atoms with Gasteiger partial charge in [0, 0.05) is 32.7 Å². The second-order valence-corrected chi connectivity index (χ2v) is 8.84. The van der Waals surface area contributed by atoms with E-state index in [-0.39, 0.29) is 23.9 Å². The van der Waals surface area contributed by atoms with Crippen LogP contribution >= 0.6 is 12.2 Å². The lowest BCUT2D eigenvalue weighted by atomic mass is 9.74. The topological polar surface area (TPSA) is 65.5 Å². The van der Waals surface area contributed by atoms with Gasteiger partial charge in [0.15, 0.2) is 5.11 Å². The van der Waals surface area contributed by atoms with Crippen molar-refractivity contribution in [2.24, 2.45) is 5.92 Å². The minimum absolute atomic E-state index is 0.103. The summed E-state index contributed by atoms with van der Waals surface area (Å²) in [5, 5.41) is 11.2. The number of nitrogens with zero attached hydrogens (tertiary/aromatic N) is 3. The van der Waals surface area contributed by atoms with E-state index in [2.05, 4.69) is 14.7 Å². The third kappa shape index (κ3) is 3.47. The predicted octanol–water partition coefficient (Wildman–Crippen LogP) is 0.604. The van der Waals surface area contributed by atoms with E-state index in [1.165, 1.54) is 12.1 Å². The van der Waals surface area contributed by atoms with E-state index in [4.69, 9.17) is 21.7 Å². The van der Waals surface area contributed by atoms with Crippen LogP contribution in [0.15, 0.2) is 24.3 Å². The molecule has 162 valence electrons. The zero-order valence-corrected chi connectivity index (χ0v) is 17.5. The molecule has 0 spiro atoms. The summed E-state index contributed by atoms with van der Waals surface area (Å²) in [6, 6.07) is 6.06. The fraction of sp³-hybridized carbons (Fsp3) is 0.619. The number of rotatable bonds is 5. The summed E-state index contributed by atoms with van der Waals surface area (Å²) in [5.74, 6) is -0.918. The molecule has 4 heterocycles. The van der Waals surface area contributed by atoms with Crippen LogP contribution in [0.5, 0.6) is 0 Å². The second kappa shape index (κ2) is 8.03. The number of aliphatic hydroxyl groups excluding tert-OH is 1. The summed E-state index contributed by atoms with van der Waals surface area (Å²) in [7, 11) is 0. The van der Waals surface area contributed by atoms with Crippen molar-refractivity contribution in [1.29, 1.82) is 0 Å². The van der Waals surface area contributed by atoms with E-state index in [1.807, 2.05) is 0 Å². The van der Waals surface area contributed by atoms with Crippen LogP contribution in [0, 0.1) is 11.7 Å². The number of hydrogen-bond acceptors (Lipinski definition) is 6. The Balaban J connectivity index is 1.40. The molecule has 1 saturated carbocycles. The molecule has 7 nitrogen and oxygen atoms in total. The third-order valence-electron chi connectivity index (χ3n) is 6.77. The number of fused-ring (bicyclic) bond motifs is 2. The summed E-state index contributed by atoms with van der Waals surface area (Å²) in [6.07, 6.45) is -0.878. The van der Waals surface area contributed by atoms with Gasteiger partial charge in [-0.15, -0.1) is 0 Å². The fourth-order valence-corrected chi connectivity index (χ4v) is 5.66. The zero-order chi connectivity index (χ0) is 20.8. The monoisotopic (exact) mass is 435 g/mol. The number of ether oxygens (including phenoxy) is 2. The quantitative estimate of drug-likeness (QED) is 0.533. The average molecular weight is 436 g/mol. The van der Waals surface area contributed by atoms with Crippen LogP contribution in [0.3, 0.4) is 0 Å². The first-order valence-electron chi connectivity index (χ1n) is 10.5. The van der Waals surface area contributed by atoms with Crippen molar-refractivity contribution >= 4 is 23.3 Å². The molecule has 1 aromatic carbocycles. The Bertz CT molecular complexity index is 819. The molecule has 0 unspecified atom stereocenters. The van der Waals surface area contributed by atoms with Gasteiger partial charge in [0.05, 0.1) is 37.3 Å². The molecule has 2 bridgehead atoms. The molecule has 30 heavy (non-hydrogen) atoms. The lowest BCUT2D eigenvalue weighted by molar-refractivity contribution is -0.198. The molecule has 0 aromatic heterocycles. The number of carbonyl (C=O) groups is 1. The molecule has 9 heteroatoms. The predicted molar refractivity (Wildman–Crippen MR) is 110 cm³/mol. The molecular formula is C21H26FN3O4S. The largest absolute Gasteiger partial charge is 0.457 e. The Morgan fingerprint density at radius 3 is 2.57 bits per heavy atom. The summed E-state index contributed by atoms with van der Waals surface area (Å²) in [4.78, 5) is 19.1. The smallest absolute Gasteiger partial charge is 0.311 e. The minimum Gasteiger partial charge on any atom is -0.457 e. The van der Waals surface area contributed by atoms with E-state index in [0.717, 1.165) is 38.4 Å².